The summed E-state index contributed by atoms with van der Waals surface area (Å²) in [6, 6.07) is 12.8. The molecule has 1 saturated carbocycles. The van der Waals surface area contributed by atoms with E-state index >= 15 is 0 Å². The van der Waals surface area contributed by atoms with Crippen LogP contribution in [0.3, 0.4) is 0 Å². The number of anilines is 2. The first-order chi connectivity index (χ1) is 14.8. The lowest BCUT2D eigenvalue weighted by Gasteiger charge is -2.08. The van der Waals surface area contributed by atoms with E-state index in [9.17, 15) is 13.2 Å². The second-order valence-corrected chi connectivity index (χ2v) is 9.40. The van der Waals surface area contributed by atoms with Gasteiger partial charge in [-0.15, -0.1) is 0 Å². The molecule has 1 fully saturated rings. The molecule has 0 bridgehead atoms. The van der Waals surface area contributed by atoms with Crippen LogP contribution >= 0.6 is 11.6 Å². The fourth-order valence-corrected chi connectivity index (χ4v) is 4.07. The molecule has 1 aromatic heterocycles. The first kappa shape index (κ1) is 21.1. The lowest BCUT2D eigenvalue weighted by molar-refractivity contribution is -0.117. The molecule has 1 amide bonds. The Bertz CT molecular complexity index is 1230. The summed E-state index contributed by atoms with van der Waals surface area (Å²) >= 11 is 5.83. The van der Waals surface area contributed by atoms with Crippen molar-refractivity contribution in [1.29, 1.82) is 0 Å². The van der Waals surface area contributed by atoms with Crippen molar-refractivity contribution >= 4 is 51.1 Å². The molecule has 160 valence electrons. The fraction of sp³-hybridized carbons (Fsp3) is 0.182. The number of aryl methyl sites for hydroxylation is 1. The van der Waals surface area contributed by atoms with E-state index in [-0.39, 0.29) is 16.7 Å². The largest absolute Gasteiger partial charge is 0.354 e. The van der Waals surface area contributed by atoms with E-state index in [0.717, 1.165) is 18.4 Å². The minimum Gasteiger partial charge on any atom is -0.354 e. The van der Waals surface area contributed by atoms with Gasteiger partial charge in [-0.25, -0.2) is 8.42 Å². The molecule has 1 heterocycles. The summed E-state index contributed by atoms with van der Waals surface area (Å²) in [5.41, 5.74) is 2.34. The Morgan fingerprint density at radius 2 is 1.77 bits per heavy atom. The van der Waals surface area contributed by atoms with E-state index in [4.69, 9.17) is 16.1 Å². The van der Waals surface area contributed by atoms with Crippen molar-refractivity contribution in [2.45, 2.75) is 24.7 Å². The quantitative estimate of drug-likeness (QED) is 0.522. The maximum absolute atomic E-state index is 12.6. The molecule has 2 N–H and O–H groups in total. The second kappa shape index (κ2) is 8.56. The van der Waals surface area contributed by atoms with Crippen LogP contribution in [0.15, 0.2) is 57.9 Å². The van der Waals surface area contributed by atoms with Crippen molar-refractivity contribution in [2.24, 2.45) is 5.92 Å². The zero-order valence-corrected chi connectivity index (χ0v) is 18.2. The summed E-state index contributed by atoms with van der Waals surface area (Å²) in [6.07, 6.45) is 5.26. The van der Waals surface area contributed by atoms with Crippen molar-refractivity contribution in [3.63, 3.8) is 0 Å². The number of benzene rings is 2. The molecule has 0 spiro atoms. The molecule has 0 radical (unpaired) electrons. The molecule has 1 aliphatic carbocycles. The van der Waals surface area contributed by atoms with Gasteiger partial charge < -0.3 is 9.84 Å². The fourth-order valence-electron chi connectivity index (χ4n) is 2.89. The van der Waals surface area contributed by atoms with Gasteiger partial charge in [-0.3, -0.25) is 9.52 Å². The van der Waals surface area contributed by atoms with E-state index < -0.39 is 10.0 Å². The first-order valence-electron chi connectivity index (χ1n) is 9.65. The Balaban J connectivity index is 1.47. The lowest BCUT2D eigenvalue weighted by Crippen LogP contribution is -2.14. The Morgan fingerprint density at radius 1 is 1.10 bits per heavy atom. The molecular formula is C22H20ClN3O4S. The molecule has 4 rings (SSSR count). The zero-order chi connectivity index (χ0) is 22.0. The molecule has 0 saturated heterocycles. The molecule has 7 nitrogen and oxygen atoms in total. The van der Waals surface area contributed by atoms with Crippen molar-refractivity contribution in [1.82, 2.24) is 5.16 Å². The predicted molar refractivity (Wildman–Crippen MR) is 120 cm³/mol. The lowest BCUT2D eigenvalue weighted by atomic mass is 10.2. The van der Waals surface area contributed by atoms with Crippen LogP contribution in [-0.4, -0.2) is 19.5 Å². The van der Waals surface area contributed by atoms with Gasteiger partial charge >= 0.3 is 0 Å². The van der Waals surface area contributed by atoms with Gasteiger partial charge in [-0.2, -0.15) is 0 Å². The molecule has 0 atom stereocenters. The minimum absolute atomic E-state index is 0.0244. The Hall–Kier alpha value is -3.10. The minimum atomic E-state index is -3.72. The van der Waals surface area contributed by atoms with Crippen molar-refractivity contribution in [3.8, 4) is 0 Å². The van der Waals surface area contributed by atoms with Crippen LogP contribution < -0.4 is 10.0 Å². The van der Waals surface area contributed by atoms with Crippen LogP contribution in [0.5, 0.6) is 0 Å². The number of hydrogen-bond donors (Lipinski definition) is 2. The SMILES string of the molecule is Cc1noc(/C=C\c2ccc(S(=O)(=O)Nc3ccc(Cl)cc3)cc2)c1NC(=O)C1CC1. The van der Waals surface area contributed by atoms with Gasteiger partial charge in [0.15, 0.2) is 5.76 Å². The van der Waals surface area contributed by atoms with E-state index in [0.29, 0.717) is 27.9 Å². The molecule has 31 heavy (non-hydrogen) atoms. The van der Waals surface area contributed by atoms with E-state index in [1.807, 2.05) is 0 Å². The monoisotopic (exact) mass is 457 g/mol. The normalized spacial score (nSPS) is 14.0. The summed E-state index contributed by atoms with van der Waals surface area (Å²) < 4.78 is 32.9. The van der Waals surface area contributed by atoms with Crippen LogP contribution in [-0.2, 0) is 14.8 Å². The second-order valence-electron chi connectivity index (χ2n) is 7.29. The van der Waals surface area contributed by atoms with E-state index in [2.05, 4.69) is 15.2 Å². The standard InChI is InChI=1S/C22H20ClN3O4S/c1-14-21(24-22(27)16-5-6-16)20(30-25-14)13-4-15-2-11-19(12-3-15)31(28,29)26-18-9-7-17(23)8-10-18/h2-4,7-13,16,26H,5-6H2,1H3,(H,24,27)/b13-4-. The topological polar surface area (TPSA) is 101 Å². The summed E-state index contributed by atoms with van der Waals surface area (Å²) in [4.78, 5) is 12.2. The summed E-state index contributed by atoms with van der Waals surface area (Å²) in [6.45, 7) is 1.76. The Labute approximate surface area is 185 Å². The van der Waals surface area contributed by atoms with Crippen LogP contribution in [0.1, 0.15) is 29.9 Å². The third-order valence-corrected chi connectivity index (χ3v) is 6.45. The predicted octanol–water partition coefficient (Wildman–Crippen LogP) is 4.96. The number of rotatable bonds is 7. The number of sulfonamides is 1. The Morgan fingerprint density at radius 3 is 2.42 bits per heavy atom. The van der Waals surface area contributed by atoms with Crippen molar-refractivity contribution in [2.75, 3.05) is 10.0 Å². The molecule has 2 aromatic carbocycles. The van der Waals surface area contributed by atoms with Gasteiger partial charge in [0.25, 0.3) is 10.0 Å². The van der Waals surface area contributed by atoms with Gasteiger partial charge in [0.1, 0.15) is 11.4 Å². The molecule has 0 aliphatic heterocycles. The number of nitrogens with one attached hydrogen (secondary N) is 2. The van der Waals surface area contributed by atoms with Crippen LogP contribution in [0.4, 0.5) is 11.4 Å². The Kier molecular flexibility index (Phi) is 5.84. The number of carbonyl (C=O) groups is 1. The smallest absolute Gasteiger partial charge is 0.261 e. The highest BCUT2D eigenvalue weighted by Crippen LogP contribution is 2.32. The highest BCUT2D eigenvalue weighted by molar-refractivity contribution is 7.92. The number of hydrogen-bond acceptors (Lipinski definition) is 5. The number of halogens is 1. The highest BCUT2D eigenvalue weighted by atomic mass is 35.5. The number of amides is 1. The zero-order valence-electron chi connectivity index (χ0n) is 16.6. The van der Waals surface area contributed by atoms with Crippen LogP contribution in [0, 0.1) is 12.8 Å². The third-order valence-electron chi connectivity index (χ3n) is 4.80. The average molecular weight is 458 g/mol. The number of aromatic nitrogens is 1. The number of carbonyl (C=O) groups excluding carboxylic acids is 1. The molecular weight excluding hydrogens is 438 g/mol. The molecule has 0 unspecified atom stereocenters. The van der Waals surface area contributed by atoms with Crippen molar-refractivity contribution in [3.05, 3.63) is 70.6 Å². The van der Waals surface area contributed by atoms with Gasteiger partial charge in [0, 0.05) is 16.6 Å². The van der Waals surface area contributed by atoms with E-state index in [1.165, 1.54) is 12.1 Å². The van der Waals surface area contributed by atoms with Crippen LogP contribution in [0.2, 0.25) is 5.02 Å². The van der Waals surface area contributed by atoms with Gasteiger partial charge in [0.2, 0.25) is 5.91 Å². The maximum Gasteiger partial charge on any atom is 0.261 e. The molecule has 1 aliphatic rings. The first-order valence-corrected chi connectivity index (χ1v) is 11.5. The maximum atomic E-state index is 12.6. The summed E-state index contributed by atoms with van der Waals surface area (Å²) in [7, 11) is -3.72. The van der Waals surface area contributed by atoms with Gasteiger partial charge in [-0.1, -0.05) is 35.0 Å². The van der Waals surface area contributed by atoms with Gasteiger partial charge in [-0.05, 0) is 67.8 Å². The average Bonchev–Trinajstić information content (AvgIpc) is 3.54. The van der Waals surface area contributed by atoms with E-state index in [1.54, 1.807) is 55.5 Å². The van der Waals surface area contributed by atoms with Crippen molar-refractivity contribution < 1.29 is 17.7 Å². The summed E-state index contributed by atoms with van der Waals surface area (Å²) in [5, 5.41) is 7.31. The summed E-state index contributed by atoms with van der Waals surface area (Å²) in [5.74, 6) is 0.485. The van der Waals surface area contributed by atoms with Gasteiger partial charge in [0.05, 0.1) is 4.90 Å². The highest BCUT2D eigenvalue weighted by Gasteiger charge is 2.30. The third kappa shape index (κ3) is 5.15. The number of nitrogens with zero attached hydrogens (tertiary/aromatic N) is 1. The van der Waals surface area contributed by atoms with Crippen LogP contribution in [0.25, 0.3) is 12.2 Å². The molecule has 9 heteroatoms. The molecule has 3 aromatic rings.